The van der Waals surface area contributed by atoms with E-state index >= 15 is 0 Å². The Morgan fingerprint density at radius 2 is 2.15 bits per heavy atom. The van der Waals surface area contributed by atoms with Crippen molar-refractivity contribution in [1.82, 2.24) is 10.3 Å². The van der Waals surface area contributed by atoms with Crippen LogP contribution in [0.5, 0.6) is 5.75 Å². The number of nitrogens with zero attached hydrogens (tertiary/aromatic N) is 2. The van der Waals surface area contributed by atoms with Crippen molar-refractivity contribution in [2.75, 3.05) is 18.0 Å². The van der Waals surface area contributed by atoms with E-state index in [0.29, 0.717) is 12.3 Å². The molecule has 3 rings (SSSR count). The monoisotopic (exact) mass is 353 g/mol. The Morgan fingerprint density at radius 1 is 1.23 bits per heavy atom. The second-order valence-corrected chi connectivity index (χ2v) is 6.66. The molecule has 0 aliphatic carbocycles. The van der Waals surface area contributed by atoms with Gasteiger partial charge < -0.3 is 15.0 Å². The maximum absolute atomic E-state index is 11.9. The molecule has 0 atom stereocenters. The average Bonchev–Trinajstić information content (AvgIpc) is 3.04. The van der Waals surface area contributed by atoms with Crippen LogP contribution in [-0.2, 0) is 13.0 Å². The third kappa shape index (κ3) is 4.97. The summed E-state index contributed by atoms with van der Waals surface area (Å²) in [6.45, 7) is 4.60. The number of hydrogen-bond acceptors (Lipinski definition) is 4. The molecule has 1 aromatic carbocycles. The standard InChI is InChI=1S/C21H27N3O2/c1-2-3-4-6-13-23-21(25)26-19-9-10-20-17(15-19)11-14-24(20)16-18-8-5-7-12-22-18/h5,7-10,12,15H,2-4,6,11,13-14,16H2,1H3,(H,23,25). The lowest BCUT2D eigenvalue weighted by atomic mass is 10.1. The highest BCUT2D eigenvalue weighted by molar-refractivity contribution is 5.71. The fraction of sp³-hybridized carbons (Fsp3) is 0.429. The van der Waals surface area contributed by atoms with Gasteiger partial charge in [0.2, 0.25) is 0 Å². The lowest BCUT2D eigenvalue weighted by Gasteiger charge is -2.19. The molecule has 5 nitrogen and oxygen atoms in total. The molecule has 1 aromatic heterocycles. The first-order valence-corrected chi connectivity index (χ1v) is 9.49. The number of hydrogen-bond donors (Lipinski definition) is 1. The Balaban J connectivity index is 1.52. The number of rotatable bonds is 8. The molecule has 1 amide bonds. The van der Waals surface area contributed by atoms with Crippen molar-refractivity contribution >= 4 is 11.8 Å². The van der Waals surface area contributed by atoms with Crippen molar-refractivity contribution in [3.63, 3.8) is 0 Å². The predicted molar refractivity (Wildman–Crippen MR) is 104 cm³/mol. The van der Waals surface area contributed by atoms with Crippen LogP contribution in [0.15, 0.2) is 42.6 Å². The number of ether oxygens (including phenoxy) is 1. The number of pyridine rings is 1. The van der Waals surface area contributed by atoms with Gasteiger partial charge in [-0.1, -0.05) is 32.3 Å². The van der Waals surface area contributed by atoms with Crippen LogP contribution in [0.4, 0.5) is 10.5 Å². The van der Waals surface area contributed by atoms with Crippen LogP contribution in [0.1, 0.15) is 43.9 Å². The number of aromatic nitrogens is 1. The summed E-state index contributed by atoms with van der Waals surface area (Å²) in [5, 5.41) is 2.82. The van der Waals surface area contributed by atoms with E-state index in [9.17, 15) is 4.79 Å². The third-order valence-corrected chi connectivity index (χ3v) is 4.63. The molecular formula is C21H27N3O2. The van der Waals surface area contributed by atoms with Crippen molar-refractivity contribution in [3.8, 4) is 5.75 Å². The highest BCUT2D eigenvalue weighted by Gasteiger charge is 2.20. The number of benzene rings is 1. The largest absolute Gasteiger partial charge is 0.412 e. The van der Waals surface area contributed by atoms with Crippen molar-refractivity contribution in [1.29, 1.82) is 0 Å². The van der Waals surface area contributed by atoms with Gasteiger partial charge in [0.05, 0.1) is 12.2 Å². The molecule has 0 saturated carbocycles. The number of fused-ring (bicyclic) bond motifs is 1. The molecule has 138 valence electrons. The summed E-state index contributed by atoms with van der Waals surface area (Å²) in [6, 6.07) is 11.9. The molecule has 0 saturated heterocycles. The molecular weight excluding hydrogens is 326 g/mol. The minimum atomic E-state index is -0.371. The van der Waals surface area contributed by atoms with Crippen molar-refractivity contribution < 1.29 is 9.53 Å². The molecule has 0 fully saturated rings. The van der Waals surface area contributed by atoms with Crippen LogP contribution >= 0.6 is 0 Å². The number of unbranched alkanes of at least 4 members (excludes halogenated alkanes) is 3. The minimum absolute atomic E-state index is 0.371. The van der Waals surface area contributed by atoms with Crippen molar-refractivity contribution in [2.45, 2.75) is 45.6 Å². The zero-order chi connectivity index (χ0) is 18.2. The minimum Gasteiger partial charge on any atom is -0.410 e. The lowest BCUT2D eigenvalue weighted by Crippen LogP contribution is -2.27. The second kappa shape index (κ2) is 9.22. The molecule has 1 N–H and O–H groups in total. The first-order valence-electron chi connectivity index (χ1n) is 9.49. The van der Waals surface area contributed by atoms with Gasteiger partial charge in [-0.3, -0.25) is 4.98 Å². The Bertz CT molecular complexity index is 718. The van der Waals surface area contributed by atoms with E-state index in [4.69, 9.17) is 4.74 Å². The van der Waals surface area contributed by atoms with Crippen LogP contribution in [0.3, 0.4) is 0 Å². The van der Waals surface area contributed by atoms with E-state index in [-0.39, 0.29) is 6.09 Å². The van der Waals surface area contributed by atoms with Gasteiger partial charge in [-0.15, -0.1) is 0 Å². The van der Waals surface area contributed by atoms with E-state index in [1.807, 2.05) is 42.6 Å². The second-order valence-electron chi connectivity index (χ2n) is 6.66. The Morgan fingerprint density at radius 3 is 2.96 bits per heavy atom. The van der Waals surface area contributed by atoms with Gasteiger partial charge in [-0.25, -0.2) is 4.79 Å². The molecule has 2 heterocycles. The molecule has 5 heteroatoms. The predicted octanol–water partition coefficient (Wildman–Crippen LogP) is 4.31. The van der Waals surface area contributed by atoms with E-state index in [1.165, 1.54) is 24.1 Å². The van der Waals surface area contributed by atoms with Crippen LogP contribution in [0.2, 0.25) is 0 Å². The first-order chi connectivity index (χ1) is 12.8. The number of carbonyl (C=O) groups is 1. The van der Waals surface area contributed by atoms with E-state index in [0.717, 1.165) is 38.0 Å². The third-order valence-electron chi connectivity index (χ3n) is 4.63. The van der Waals surface area contributed by atoms with Crippen LogP contribution in [0.25, 0.3) is 0 Å². The molecule has 0 spiro atoms. The summed E-state index contributed by atoms with van der Waals surface area (Å²) in [6.07, 6.45) is 6.94. The Labute approximate surface area is 155 Å². The molecule has 1 aliphatic rings. The molecule has 0 radical (unpaired) electrons. The van der Waals surface area contributed by atoms with Crippen LogP contribution in [-0.4, -0.2) is 24.2 Å². The van der Waals surface area contributed by atoms with Gasteiger partial charge in [0.1, 0.15) is 5.75 Å². The maximum Gasteiger partial charge on any atom is 0.412 e. The summed E-state index contributed by atoms with van der Waals surface area (Å²) in [5.41, 5.74) is 3.47. The van der Waals surface area contributed by atoms with E-state index in [1.54, 1.807) is 0 Å². The SMILES string of the molecule is CCCCCCNC(=O)Oc1ccc2c(c1)CCN2Cc1ccccn1. The molecule has 0 bridgehead atoms. The zero-order valence-electron chi connectivity index (χ0n) is 15.4. The number of anilines is 1. The maximum atomic E-state index is 11.9. The Kier molecular flexibility index (Phi) is 6.47. The van der Waals surface area contributed by atoms with Crippen molar-refractivity contribution in [2.24, 2.45) is 0 Å². The van der Waals surface area contributed by atoms with Crippen molar-refractivity contribution in [3.05, 3.63) is 53.9 Å². The highest BCUT2D eigenvalue weighted by atomic mass is 16.6. The Hall–Kier alpha value is -2.56. The smallest absolute Gasteiger partial charge is 0.410 e. The van der Waals surface area contributed by atoms with Gasteiger partial charge in [-0.2, -0.15) is 0 Å². The van der Waals surface area contributed by atoms with Gasteiger partial charge in [0.15, 0.2) is 0 Å². The number of amides is 1. The van der Waals surface area contributed by atoms with Gasteiger partial charge in [0.25, 0.3) is 0 Å². The fourth-order valence-electron chi connectivity index (χ4n) is 3.25. The van der Waals surface area contributed by atoms with Gasteiger partial charge in [-0.05, 0) is 48.7 Å². The fourth-order valence-corrected chi connectivity index (χ4v) is 3.25. The summed E-state index contributed by atoms with van der Waals surface area (Å²) >= 11 is 0. The normalized spacial score (nSPS) is 12.7. The van der Waals surface area contributed by atoms with Gasteiger partial charge in [0, 0.05) is 25.0 Å². The molecule has 1 aliphatic heterocycles. The van der Waals surface area contributed by atoms with E-state index in [2.05, 4.69) is 22.1 Å². The summed E-state index contributed by atoms with van der Waals surface area (Å²) in [4.78, 5) is 18.6. The molecule has 26 heavy (non-hydrogen) atoms. The van der Waals surface area contributed by atoms with Crippen LogP contribution < -0.4 is 15.0 Å². The quantitative estimate of drug-likeness (QED) is 0.719. The average molecular weight is 353 g/mol. The van der Waals surface area contributed by atoms with E-state index < -0.39 is 0 Å². The zero-order valence-corrected chi connectivity index (χ0v) is 15.4. The summed E-state index contributed by atoms with van der Waals surface area (Å²) in [5.74, 6) is 0.606. The topological polar surface area (TPSA) is 54.5 Å². The lowest BCUT2D eigenvalue weighted by molar-refractivity contribution is 0.200. The summed E-state index contributed by atoms with van der Waals surface area (Å²) < 4.78 is 5.42. The highest BCUT2D eigenvalue weighted by Crippen LogP contribution is 2.32. The molecule has 0 unspecified atom stereocenters. The first kappa shape index (κ1) is 18.2. The number of nitrogens with one attached hydrogen (secondary N) is 1. The van der Waals surface area contributed by atoms with Crippen LogP contribution in [0, 0.1) is 0 Å². The number of carbonyl (C=O) groups excluding carboxylic acids is 1. The molecule has 2 aromatic rings. The summed E-state index contributed by atoms with van der Waals surface area (Å²) in [7, 11) is 0. The van der Waals surface area contributed by atoms with Gasteiger partial charge >= 0.3 is 6.09 Å².